The molecule has 30 heavy (non-hydrogen) atoms. The molecule has 2 aromatic rings. The van der Waals surface area contributed by atoms with Crippen LogP contribution in [0.15, 0.2) is 41.9 Å². The highest BCUT2D eigenvalue weighted by atomic mass is 16.2. The topological polar surface area (TPSA) is 78.7 Å². The van der Waals surface area contributed by atoms with Crippen LogP contribution in [0.1, 0.15) is 43.6 Å². The van der Waals surface area contributed by atoms with E-state index in [1.54, 1.807) is 12.7 Å². The number of unbranched alkanes of at least 4 members (excludes halogenated alkanes) is 1. The smallest absolute Gasteiger partial charge is 0.222 e. The van der Waals surface area contributed by atoms with E-state index in [0.29, 0.717) is 18.2 Å². The summed E-state index contributed by atoms with van der Waals surface area (Å²) >= 11 is 0. The Hall–Kier alpha value is -2.90. The van der Waals surface area contributed by atoms with E-state index in [4.69, 9.17) is 0 Å². The number of fused-ring (bicyclic) bond motifs is 1. The van der Waals surface area contributed by atoms with Crippen LogP contribution in [0.2, 0.25) is 0 Å². The largest absolute Gasteiger partial charge is 0.356 e. The van der Waals surface area contributed by atoms with Crippen LogP contribution in [0.3, 0.4) is 0 Å². The van der Waals surface area contributed by atoms with Gasteiger partial charge in [-0.3, -0.25) is 9.79 Å². The number of likely N-dealkylation sites (tertiary alicyclic amines) is 1. The number of para-hydroxylation sites is 1. The van der Waals surface area contributed by atoms with Crippen LogP contribution >= 0.6 is 0 Å². The van der Waals surface area contributed by atoms with Crippen molar-refractivity contribution in [3.05, 3.63) is 42.5 Å². The normalized spacial score (nSPS) is 18.9. The first-order valence-corrected chi connectivity index (χ1v) is 10.9. The van der Waals surface area contributed by atoms with Gasteiger partial charge < -0.3 is 19.7 Å². The van der Waals surface area contributed by atoms with Crippen molar-refractivity contribution >= 4 is 17.6 Å². The molecule has 1 unspecified atom stereocenters. The van der Waals surface area contributed by atoms with E-state index in [2.05, 4.69) is 49.7 Å². The highest BCUT2D eigenvalue weighted by Gasteiger charge is 2.31. The molecule has 1 saturated heterocycles. The van der Waals surface area contributed by atoms with Crippen LogP contribution in [-0.2, 0) is 11.3 Å². The van der Waals surface area contributed by atoms with Crippen molar-refractivity contribution in [2.45, 2.75) is 44.6 Å². The van der Waals surface area contributed by atoms with Crippen molar-refractivity contribution in [3.63, 3.8) is 0 Å². The number of anilines is 1. The summed E-state index contributed by atoms with van der Waals surface area (Å²) < 4.78 is 2.00. The summed E-state index contributed by atoms with van der Waals surface area (Å²) in [7, 11) is 1.85. The number of hydrogen-bond acceptors (Lipinski definition) is 4. The average molecular weight is 410 g/mol. The molecule has 1 fully saturated rings. The van der Waals surface area contributed by atoms with E-state index in [-0.39, 0.29) is 0 Å². The average Bonchev–Trinajstić information content (AvgIpc) is 3.50. The summed E-state index contributed by atoms with van der Waals surface area (Å²) in [5, 5.41) is 11.2. The number of guanidine groups is 1. The lowest BCUT2D eigenvalue weighted by molar-refractivity contribution is -0.127. The monoisotopic (exact) mass is 409 g/mol. The second kappa shape index (κ2) is 9.73. The van der Waals surface area contributed by atoms with E-state index in [9.17, 15) is 4.79 Å². The maximum Gasteiger partial charge on any atom is 0.222 e. The third-order valence-electron chi connectivity index (χ3n) is 6.05. The molecule has 1 N–H and O–H groups in total. The van der Waals surface area contributed by atoms with Gasteiger partial charge in [0.2, 0.25) is 5.91 Å². The Morgan fingerprint density at radius 2 is 2.03 bits per heavy atom. The number of aliphatic imine (C=N–C) groups is 1. The van der Waals surface area contributed by atoms with Crippen LogP contribution < -0.4 is 10.2 Å². The summed E-state index contributed by atoms with van der Waals surface area (Å²) in [6, 6.07) is 8.59. The molecule has 0 bridgehead atoms. The summed E-state index contributed by atoms with van der Waals surface area (Å²) in [4.78, 5) is 20.8. The van der Waals surface area contributed by atoms with E-state index in [0.717, 1.165) is 64.4 Å². The molecule has 3 heterocycles. The van der Waals surface area contributed by atoms with Gasteiger partial charge >= 0.3 is 0 Å². The molecule has 2 aliphatic heterocycles. The van der Waals surface area contributed by atoms with Crippen molar-refractivity contribution in [2.24, 2.45) is 4.99 Å². The van der Waals surface area contributed by atoms with E-state index in [1.807, 2.05) is 16.5 Å². The van der Waals surface area contributed by atoms with E-state index >= 15 is 0 Å². The Labute approximate surface area is 178 Å². The number of nitrogens with zero attached hydrogens (tertiary/aromatic N) is 6. The minimum absolute atomic E-state index is 0.307. The number of amides is 1. The third-order valence-corrected chi connectivity index (χ3v) is 6.05. The third kappa shape index (κ3) is 4.63. The Morgan fingerprint density at radius 1 is 1.20 bits per heavy atom. The Balaban J connectivity index is 1.32. The molecule has 8 heteroatoms. The SMILES string of the molecule is CN=C(NCCCCn1cnnc1)N1CC(CCN2CCCC2=O)c2ccccc21. The highest BCUT2D eigenvalue weighted by Crippen LogP contribution is 2.38. The Kier molecular flexibility index (Phi) is 6.61. The molecule has 0 aliphatic carbocycles. The molecule has 0 spiro atoms. The van der Waals surface area contributed by atoms with Gasteiger partial charge in [0, 0.05) is 57.8 Å². The van der Waals surface area contributed by atoms with Crippen molar-refractivity contribution in [1.82, 2.24) is 25.0 Å². The number of carbonyl (C=O) groups is 1. The number of benzene rings is 1. The predicted octanol–water partition coefficient (Wildman–Crippen LogP) is 2.25. The fourth-order valence-corrected chi connectivity index (χ4v) is 4.45. The number of rotatable bonds is 8. The molecule has 0 radical (unpaired) electrons. The maximum atomic E-state index is 12.0. The molecule has 8 nitrogen and oxygen atoms in total. The number of aromatic nitrogens is 3. The van der Waals surface area contributed by atoms with Crippen molar-refractivity contribution in [2.75, 3.05) is 38.1 Å². The summed E-state index contributed by atoms with van der Waals surface area (Å²) in [6.45, 7) is 4.47. The molecular formula is C22H31N7O. The summed E-state index contributed by atoms with van der Waals surface area (Å²) in [5.74, 6) is 1.65. The first-order chi connectivity index (χ1) is 14.8. The zero-order valence-corrected chi connectivity index (χ0v) is 17.7. The van der Waals surface area contributed by atoms with Gasteiger partial charge in [0.1, 0.15) is 12.7 Å². The Morgan fingerprint density at radius 3 is 2.80 bits per heavy atom. The second-order valence-corrected chi connectivity index (χ2v) is 8.02. The first-order valence-electron chi connectivity index (χ1n) is 10.9. The highest BCUT2D eigenvalue weighted by molar-refractivity contribution is 5.98. The zero-order chi connectivity index (χ0) is 20.8. The standard InChI is InChI=1S/C22H31N7O/c1-23-22(24-11-4-5-12-27-16-25-26-17-27)29-15-18(19-7-2-3-8-20(19)29)10-14-28-13-6-9-21(28)30/h2-3,7-8,16-18H,4-6,9-15H2,1H3,(H,23,24). The number of aryl methyl sites for hydroxylation is 1. The maximum absolute atomic E-state index is 12.0. The van der Waals surface area contributed by atoms with Crippen LogP contribution in [0, 0.1) is 0 Å². The lowest BCUT2D eigenvalue weighted by Crippen LogP contribution is -2.41. The van der Waals surface area contributed by atoms with Gasteiger partial charge in [-0.2, -0.15) is 0 Å². The molecule has 0 saturated carbocycles. The van der Waals surface area contributed by atoms with Gasteiger partial charge in [-0.25, -0.2) is 0 Å². The molecule has 2 aliphatic rings. The van der Waals surface area contributed by atoms with Crippen molar-refractivity contribution < 1.29 is 4.79 Å². The summed E-state index contributed by atoms with van der Waals surface area (Å²) in [5.41, 5.74) is 2.59. The molecule has 160 valence electrons. The molecular weight excluding hydrogens is 378 g/mol. The van der Waals surface area contributed by atoms with Gasteiger partial charge in [-0.1, -0.05) is 18.2 Å². The van der Waals surface area contributed by atoms with Crippen LogP contribution in [-0.4, -0.2) is 64.8 Å². The number of nitrogens with one attached hydrogen (secondary N) is 1. The number of hydrogen-bond donors (Lipinski definition) is 1. The van der Waals surface area contributed by atoms with E-state index < -0.39 is 0 Å². The van der Waals surface area contributed by atoms with Gasteiger partial charge in [-0.05, 0) is 37.3 Å². The summed E-state index contributed by atoms with van der Waals surface area (Å²) in [6.07, 6.45) is 8.32. The van der Waals surface area contributed by atoms with Crippen LogP contribution in [0.5, 0.6) is 0 Å². The Bertz CT molecular complexity index is 864. The lowest BCUT2D eigenvalue weighted by atomic mass is 9.98. The number of carbonyl (C=O) groups excluding carboxylic acids is 1. The molecule has 4 rings (SSSR count). The fraction of sp³-hybridized carbons (Fsp3) is 0.545. The van der Waals surface area contributed by atoms with Gasteiger partial charge in [0.05, 0.1) is 0 Å². The van der Waals surface area contributed by atoms with Crippen molar-refractivity contribution in [1.29, 1.82) is 0 Å². The molecule has 1 amide bonds. The fourth-order valence-electron chi connectivity index (χ4n) is 4.45. The van der Waals surface area contributed by atoms with Gasteiger partial charge in [0.25, 0.3) is 0 Å². The first kappa shape index (κ1) is 20.4. The van der Waals surface area contributed by atoms with Crippen LogP contribution in [0.25, 0.3) is 0 Å². The van der Waals surface area contributed by atoms with Gasteiger partial charge in [-0.15, -0.1) is 10.2 Å². The molecule has 1 aromatic carbocycles. The van der Waals surface area contributed by atoms with E-state index in [1.165, 1.54) is 11.3 Å². The lowest BCUT2D eigenvalue weighted by Gasteiger charge is -2.23. The minimum atomic E-state index is 0.307. The second-order valence-electron chi connectivity index (χ2n) is 8.02. The van der Waals surface area contributed by atoms with Crippen molar-refractivity contribution in [3.8, 4) is 0 Å². The molecule has 1 aromatic heterocycles. The quantitative estimate of drug-likeness (QED) is 0.411. The van der Waals surface area contributed by atoms with Crippen LogP contribution in [0.4, 0.5) is 5.69 Å². The minimum Gasteiger partial charge on any atom is -0.356 e. The van der Waals surface area contributed by atoms with Gasteiger partial charge in [0.15, 0.2) is 5.96 Å². The predicted molar refractivity (Wildman–Crippen MR) is 118 cm³/mol. The zero-order valence-electron chi connectivity index (χ0n) is 17.7. The molecule has 1 atom stereocenters.